The van der Waals surface area contributed by atoms with Crippen molar-refractivity contribution in [1.82, 2.24) is 10.2 Å². The van der Waals surface area contributed by atoms with Crippen molar-refractivity contribution in [2.75, 3.05) is 19.6 Å². The predicted molar refractivity (Wildman–Crippen MR) is 74.1 cm³/mol. The number of halogens is 2. The van der Waals surface area contributed by atoms with Gasteiger partial charge in [0.15, 0.2) is 0 Å². The molecule has 7 heteroatoms. The van der Waals surface area contributed by atoms with E-state index in [1.165, 1.54) is 17.0 Å². The van der Waals surface area contributed by atoms with Gasteiger partial charge in [-0.15, -0.1) is 0 Å². The smallest absolute Gasteiger partial charge is 0.407 e. The number of likely N-dealkylation sites (tertiary alicyclic amines) is 1. The van der Waals surface area contributed by atoms with E-state index in [0.717, 1.165) is 0 Å². The summed E-state index contributed by atoms with van der Waals surface area (Å²) in [7, 11) is 0. The molecule has 0 bridgehead atoms. The molecular formula is C13H14BrFN2O3. The van der Waals surface area contributed by atoms with Gasteiger partial charge in [-0.05, 0) is 30.5 Å². The molecule has 0 aliphatic carbocycles. The number of carboxylic acid groups (broad SMARTS) is 1. The molecular weight excluding hydrogens is 331 g/mol. The summed E-state index contributed by atoms with van der Waals surface area (Å²) in [4.78, 5) is 23.9. The first-order valence-corrected chi connectivity index (χ1v) is 6.98. The Morgan fingerprint density at radius 3 is 2.85 bits per heavy atom. The topological polar surface area (TPSA) is 69.6 Å². The van der Waals surface area contributed by atoms with Gasteiger partial charge in [0, 0.05) is 24.1 Å². The zero-order valence-corrected chi connectivity index (χ0v) is 12.2. The van der Waals surface area contributed by atoms with Gasteiger partial charge in [0.25, 0.3) is 5.91 Å². The summed E-state index contributed by atoms with van der Waals surface area (Å²) in [5, 5.41) is 11.5. The summed E-state index contributed by atoms with van der Waals surface area (Å²) >= 11 is 3.13. The van der Waals surface area contributed by atoms with Crippen molar-refractivity contribution in [2.45, 2.75) is 6.42 Å². The van der Waals surface area contributed by atoms with Crippen molar-refractivity contribution in [3.05, 3.63) is 34.1 Å². The average Bonchev–Trinajstić information content (AvgIpc) is 2.85. The molecule has 5 nitrogen and oxygen atoms in total. The lowest BCUT2D eigenvalue weighted by molar-refractivity contribution is 0.0943. The molecule has 0 unspecified atom stereocenters. The molecule has 1 aliphatic rings. The quantitative estimate of drug-likeness (QED) is 0.883. The first-order chi connectivity index (χ1) is 9.47. The highest BCUT2D eigenvalue weighted by Crippen LogP contribution is 2.17. The van der Waals surface area contributed by atoms with E-state index in [2.05, 4.69) is 21.2 Å². The summed E-state index contributed by atoms with van der Waals surface area (Å²) < 4.78 is 14.2. The Balaban J connectivity index is 1.88. The molecule has 1 fully saturated rings. The Labute approximate surface area is 123 Å². The average molecular weight is 345 g/mol. The maximum Gasteiger partial charge on any atom is 0.407 e. The van der Waals surface area contributed by atoms with E-state index in [1.54, 1.807) is 6.07 Å². The zero-order valence-electron chi connectivity index (χ0n) is 10.6. The molecule has 1 aromatic carbocycles. The van der Waals surface area contributed by atoms with E-state index in [-0.39, 0.29) is 11.5 Å². The van der Waals surface area contributed by atoms with Gasteiger partial charge in [-0.1, -0.05) is 15.9 Å². The number of nitrogens with zero attached hydrogens (tertiary/aromatic N) is 1. The lowest BCUT2D eigenvalue weighted by atomic mass is 10.1. The fourth-order valence-electron chi connectivity index (χ4n) is 2.18. The van der Waals surface area contributed by atoms with Crippen molar-refractivity contribution < 1.29 is 19.1 Å². The second-order valence-electron chi connectivity index (χ2n) is 4.72. The summed E-state index contributed by atoms with van der Waals surface area (Å²) in [5.74, 6) is -0.993. The summed E-state index contributed by atoms with van der Waals surface area (Å²) in [6.07, 6.45) is -0.243. The number of benzene rings is 1. The SMILES string of the molecule is O=C(NC[C@@H]1CCN(C(=O)O)C1)c1ccc(Br)cc1F. The first-order valence-electron chi connectivity index (χ1n) is 6.18. The fraction of sp³-hybridized carbons (Fsp3) is 0.385. The Morgan fingerprint density at radius 1 is 1.50 bits per heavy atom. The summed E-state index contributed by atoms with van der Waals surface area (Å²) in [6, 6.07) is 4.24. The molecule has 1 aliphatic heterocycles. The second kappa shape index (κ2) is 6.21. The molecule has 1 atom stereocenters. The van der Waals surface area contributed by atoms with Gasteiger partial charge >= 0.3 is 6.09 Å². The van der Waals surface area contributed by atoms with E-state index in [1.807, 2.05) is 0 Å². The standard InChI is InChI=1S/C13H14BrFN2O3/c14-9-1-2-10(11(15)5-9)12(18)16-6-8-3-4-17(7-8)13(19)20/h1-2,5,8H,3-4,6-7H2,(H,16,18)(H,19,20)/t8-/m0/s1. The molecule has 1 aromatic rings. The van der Waals surface area contributed by atoms with Crippen LogP contribution in [-0.4, -0.2) is 41.6 Å². The summed E-state index contributed by atoms with van der Waals surface area (Å²) in [5.41, 5.74) is -0.0127. The normalized spacial score (nSPS) is 18.1. The highest BCUT2D eigenvalue weighted by atomic mass is 79.9. The highest BCUT2D eigenvalue weighted by Gasteiger charge is 2.26. The number of carbonyl (C=O) groups excluding carboxylic acids is 1. The molecule has 108 valence electrons. The van der Waals surface area contributed by atoms with Gasteiger partial charge in [-0.3, -0.25) is 4.79 Å². The van der Waals surface area contributed by atoms with Crippen LogP contribution in [0.4, 0.5) is 9.18 Å². The minimum absolute atomic E-state index is 0.0127. The van der Waals surface area contributed by atoms with Crippen molar-refractivity contribution >= 4 is 27.9 Å². The third-order valence-corrected chi connectivity index (χ3v) is 3.78. The molecule has 1 saturated heterocycles. The Hall–Kier alpha value is -1.63. The van der Waals surface area contributed by atoms with Gasteiger partial charge < -0.3 is 15.3 Å². The molecule has 0 spiro atoms. The number of rotatable bonds is 3. The maximum absolute atomic E-state index is 13.6. The first kappa shape index (κ1) is 14.8. The van der Waals surface area contributed by atoms with Crippen LogP contribution in [0.1, 0.15) is 16.8 Å². The number of amides is 2. The third kappa shape index (κ3) is 3.47. The van der Waals surface area contributed by atoms with E-state index in [0.29, 0.717) is 30.5 Å². The van der Waals surface area contributed by atoms with Crippen LogP contribution in [0.3, 0.4) is 0 Å². The minimum Gasteiger partial charge on any atom is -0.465 e. The van der Waals surface area contributed by atoms with Crippen LogP contribution in [0.2, 0.25) is 0 Å². The maximum atomic E-state index is 13.6. The van der Waals surface area contributed by atoms with Crippen LogP contribution in [0, 0.1) is 11.7 Å². The zero-order chi connectivity index (χ0) is 14.7. The van der Waals surface area contributed by atoms with E-state index >= 15 is 0 Å². The number of carbonyl (C=O) groups is 2. The molecule has 20 heavy (non-hydrogen) atoms. The Kier molecular flexibility index (Phi) is 4.59. The summed E-state index contributed by atoms with van der Waals surface area (Å²) in [6.45, 7) is 1.22. The van der Waals surface area contributed by atoms with Crippen LogP contribution in [-0.2, 0) is 0 Å². The lowest BCUT2D eigenvalue weighted by Crippen LogP contribution is -2.32. The van der Waals surface area contributed by atoms with Crippen LogP contribution >= 0.6 is 15.9 Å². The van der Waals surface area contributed by atoms with E-state index < -0.39 is 17.8 Å². The molecule has 0 aromatic heterocycles. The van der Waals surface area contributed by atoms with E-state index in [4.69, 9.17) is 5.11 Å². The van der Waals surface area contributed by atoms with Crippen LogP contribution in [0.5, 0.6) is 0 Å². The van der Waals surface area contributed by atoms with Crippen molar-refractivity contribution in [3.63, 3.8) is 0 Å². The molecule has 2 rings (SSSR count). The lowest BCUT2D eigenvalue weighted by Gasteiger charge is -2.13. The monoisotopic (exact) mass is 344 g/mol. The number of hydrogen-bond donors (Lipinski definition) is 2. The predicted octanol–water partition coefficient (Wildman–Crippen LogP) is 2.32. The second-order valence-corrected chi connectivity index (χ2v) is 5.63. The van der Waals surface area contributed by atoms with Gasteiger partial charge in [0.2, 0.25) is 0 Å². The largest absolute Gasteiger partial charge is 0.465 e. The van der Waals surface area contributed by atoms with Crippen molar-refractivity contribution in [3.8, 4) is 0 Å². The molecule has 0 radical (unpaired) electrons. The highest BCUT2D eigenvalue weighted by molar-refractivity contribution is 9.10. The molecule has 2 N–H and O–H groups in total. The molecule has 2 amide bonds. The molecule has 0 saturated carbocycles. The van der Waals surface area contributed by atoms with Crippen molar-refractivity contribution in [2.24, 2.45) is 5.92 Å². The van der Waals surface area contributed by atoms with Crippen LogP contribution < -0.4 is 5.32 Å². The van der Waals surface area contributed by atoms with Gasteiger partial charge in [-0.25, -0.2) is 9.18 Å². The van der Waals surface area contributed by atoms with Crippen LogP contribution in [0.15, 0.2) is 22.7 Å². The minimum atomic E-state index is -0.946. The van der Waals surface area contributed by atoms with Gasteiger partial charge in [0.05, 0.1) is 5.56 Å². The van der Waals surface area contributed by atoms with Gasteiger partial charge in [-0.2, -0.15) is 0 Å². The van der Waals surface area contributed by atoms with Gasteiger partial charge in [0.1, 0.15) is 5.82 Å². The Bertz CT molecular complexity index is 538. The van der Waals surface area contributed by atoms with E-state index in [9.17, 15) is 14.0 Å². The van der Waals surface area contributed by atoms with Crippen molar-refractivity contribution in [1.29, 1.82) is 0 Å². The molecule has 1 heterocycles. The fourth-order valence-corrected chi connectivity index (χ4v) is 2.51. The third-order valence-electron chi connectivity index (χ3n) is 3.28. The van der Waals surface area contributed by atoms with Crippen LogP contribution in [0.25, 0.3) is 0 Å². The number of nitrogens with one attached hydrogen (secondary N) is 1. The Morgan fingerprint density at radius 2 is 2.25 bits per heavy atom. The number of hydrogen-bond acceptors (Lipinski definition) is 2.